The van der Waals surface area contributed by atoms with Gasteiger partial charge in [-0.25, -0.2) is 0 Å². The number of amides is 1. The second-order valence-corrected chi connectivity index (χ2v) is 8.94. The van der Waals surface area contributed by atoms with Crippen molar-refractivity contribution in [2.45, 2.75) is 55.0 Å². The number of anilines is 1. The summed E-state index contributed by atoms with van der Waals surface area (Å²) in [4.78, 5) is 15.0. The Morgan fingerprint density at radius 2 is 2.07 bits per heavy atom. The van der Waals surface area contributed by atoms with Crippen molar-refractivity contribution in [3.05, 3.63) is 23.8 Å². The van der Waals surface area contributed by atoms with Gasteiger partial charge in [0.25, 0.3) is 0 Å². The van der Waals surface area contributed by atoms with Crippen molar-refractivity contribution < 1.29 is 18.0 Å². The maximum Gasteiger partial charge on any atom is 0.416 e. The molecule has 1 aliphatic heterocycles. The summed E-state index contributed by atoms with van der Waals surface area (Å²) < 4.78 is 39.4. The molecule has 0 radical (unpaired) electrons. The molecule has 1 N–H and O–H groups in total. The van der Waals surface area contributed by atoms with Gasteiger partial charge in [-0.3, -0.25) is 4.79 Å². The van der Waals surface area contributed by atoms with Crippen molar-refractivity contribution in [1.82, 2.24) is 5.32 Å². The van der Waals surface area contributed by atoms with E-state index in [1.807, 2.05) is 6.92 Å². The molecule has 1 saturated carbocycles. The molecule has 2 unspecified atom stereocenters. The van der Waals surface area contributed by atoms with Crippen LogP contribution in [0.2, 0.25) is 0 Å². The second kappa shape index (κ2) is 7.27. The molecule has 4 nitrogen and oxygen atoms in total. The molecule has 1 aromatic carbocycles. The second-order valence-electron chi connectivity index (χ2n) is 7.46. The van der Waals surface area contributed by atoms with Crippen LogP contribution in [0.15, 0.2) is 23.1 Å². The van der Waals surface area contributed by atoms with Gasteiger partial charge in [0.2, 0.25) is 5.91 Å². The van der Waals surface area contributed by atoms with E-state index < -0.39 is 17.3 Å². The number of alkyl halides is 3. The average molecular weight is 397 g/mol. The molecule has 0 bridgehead atoms. The fraction of sp³-hybridized carbons (Fsp3) is 0.579. The van der Waals surface area contributed by atoms with Crippen molar-refractivity contribution in [2.24, 2.45) is 5.92 Å². The van der Waals surface area contributed by atoms with Crippen LogP contribution in [0.1, 0.15) is 38.7 Å². The Bertz CT molecular complexity index is 772. The number of benzene rings is 1. The number of nitriles is 1. The molecule has 0 spiro atoms. The summed E-state index contributed by atoms with van der Waals surface area (Å²) >= 11 is 1.52. The van der Waals surface area contributed by atoms with Crippen LogP contribution in [0.4, 0.5) is 18.9 Å². The van der Waals surface area contributed by atoms with Crippen molar-refractivity contribution in [1.29, 1.82) is 5.26 Å². The number of carbonyl (C=O) groups is 1. The van der Waals surface area contributed by atoms with E-state index in [2.05, 4.69) is 11.4 Å². The lowest BCUT2D eigenvalue weighted by Gasteiger charge is -2.28. The van der Waals surface area contributed by atoms with Crippen molar-refractivity contribution in [2.75, 3.05) is 18.0 Å². The third-order valence-electron chi connectivity index (χ3n) is 5.12. The summed E-state index contributed by atoms with van der Waals surface area (Å²) in [6, 6.07) is 5.87. The van der Waals surface area contributed by atoms with Gasteiger partial charge in [-0.1, -0.05) is 6.92 Å². The van der Waals surface area contributed by atoms with Gasteiger partial charge >= 0.3 is 6.18 Å². The van der Waals surface area contributed by atoms with E-state index in [0.717, 1.165) is 36.3 Å². The molecule has 1 heterocycles. The summed E-state index contributed by atoms with van der Waals surface area (Å²) in [6.45, 7) is 4.16. The Balaban J connectivity index is 1.83. The lowest BCUT2D eigenvalue weighted by Crippen LogP contribution is -2.50. The molecule has 0 saturated heterocycles. The number of nitrogens with zero attached hydrogens (tertiary/aromatic N) is 2. The van der Waals surface area contributed by atoms with Crippen LogP contribution < -0.4 is 10.2 Å². The normalized spacial score (nSPS) is 22.2. The summed E-state index contributed by atoms with van der Waals surface area (Å²) in [7, 11) is 0. The number of carbonyl (C=O) groups excluding carboxylic acids is 1. The maximum atomic E-state index is 13.1. The van der Waals surface area contributed by atoms with Crippen molar-refractivity contribution in [3.8, 4) is 6.07 Å². The highest BCUT2D eigenvalue weighted by molar-refractivity contribution is 8.00. The lowest BCUT2D eigenvalue weighted by molar-refractivity contribution is -0.137. The Morgan fingerprint density at radius 3 is 2.67 bits per heavy atom. The largest absolute Gasteiger partial charge is 0.416 e. The van der Waals surface area contributed by atoms with Crippen LogP contribution >= 0.6 is 11.8 Å². The molecule has 3 rings (SSSR count). The zero-order valence-corrected chi connectivity index (χ0v) is 16.1. The van der Waals surface area contributed by atoms with E-state index in [1.165, 1.54) is 17.8 Å². The van der Waals surface area contributed by atoms with Gasteiger partial charge in [0.15, 0.2) is 0 Å². The van der Waals surface area contributed by atoms with Crippen molar-refractivity contribution in [3.63, 3.8) is 0 Å². The van der Waals surface area contributed by atoms with Crippen molar-refractivity contribution >= 4 is 23.4 Å². The van der Waals surface area contributed by atoms with Crippen LogP contribution in [0.3, 0.4) is 0 Å². The van der Waals surface area contributed by atoms with Gasteiger partial charge in [-0.2, -0.15) is 18.4 Å². The van der Waals surface area contributed by atoms with Gasteiger partial charge in [0.05, 0.1) is 23.9 Å². The number of nitrogens with one attached hydrogen (secondary N) is 1. The van der Waals surface area contributed by atoms with Crippen LogP contribution in [0, 0.1) is 17.2 Å². The number of hydrogen-bond donors (Lipinski definition) is 1. The first-order chi connectivity index (χ1) is 12.6. The molecule has 146 valence electrons. The molecule has 1 fully saturated rings. The third kappa shape index (κ3) is 4.52. The van der Waals surface area contributed by atoms with Gasteiger partial charge in [-0.05, 0) is 50.3 Å². The molecule has 27 heavy (non-hydrogen) atoms. The standard InChI is InChI=1S/C19H22F3N3OS/c1-12-7-8-25(10-17(26)24-18(2,11-23)13-3-4-13)15-9-14(19(20,21)22)5-6-16(15)27-12/h5-6,9,12-13H,3-4,7-8,10H2,1-2H3,(H,24,26). The first kappa shape index (κ1) is 19.9. The molecule has 1 aliphatic carbocycles. The predicted octanol–water partition coefficient (Wildman–Crippen LogP) is 4.20. The van der Waals surface area contributed by atoms with Crippen LogP contribution in [-0.4, -0.2) is 29.8 Å². The molecule has 0 aromatic heterocycles. The minimum Gasteiger partial charge on any atom is -0.361 e. The fourth-order valence-corrected chi connectivity index (χ4v) is 4.44. The molecule has 1 aromatic rings. The van der Waals surface area contributed by atoms with E-state index in [9.17, 15) is 23.2 Å². The average Bonchev–Trinajstić information content (AvgIpc) is 3.43. The Labute approximate surface area is 161 Å². The molecule has 8 heteroatoms. The zero-order chi connectivity index (χ0) is 19.8. The quantitative estimate of drug-likeness (QED) is 0.827. The van der Waals surface area contributed by atoms with Crippen LogP contribution in [0.25, 0.3) is 0 Å². The zero-order valence-electron chi connectivity index (χ0n) is 15.3. The summed E-state index contributed by atoms with van der Waals surface area (Å²) in [5.41, 5.74) is -1.21. The van der Waals surface area contributed by atoms with Gasteiger partial charge in [0, 0.05) is 16.7 Å². The monoisotopic (exact) mass is 397 g/mol. The SMILES string of the molecule is CC1CCN(CC(=O)NC(C)(C#N)C2CC2)c2cc(C(F)(F)F)ccc2S1. The highest BCUT2D eigenvalue weighted by Crippen LogP contribution is 2.41. The molecular weight excluding hydrogens is 375 g/mol. The van der Waals surface area contributed by atoms with E-state index >= 15 is 0 Å². The highest BCUT2D eigenvalue weighted by atomic mass is 32.2. The first-order valence-electron chi connectivity index (χ1n) is 8.97. The van der Waals surface area contributed by atoms with Crippen LogP contribution in [0.5, 0.6) is 0 Å². The molecule has 2 aliphatic rings. The van der Waals surface area contributed by atoms with Crippen LogP contribution in [-0.2, 0) is 11.0 Å². The van der Waals surface area contributed by atoms with E-state index in [0.29, 0.717) is 12.2 Å². The van der Waals surface area contributed by atoms with E-state index in [4.69, 9.17) is 0 Å². The summed E-state index contributed by atoms with van der Waals surface area (Å²) in [5, 5.41) is 12.4. The highest BCUT2D eigenvalue weighted by Gasteiger charge is 2.43. The minimum absolute atomic E-state index is 0.0639. The number of thioether (sulfide) groups is 1. The minimum atomic E-state index is -4.43. The van der Waals surface area contributed by atoms with Gasteiger partial charge in [0.1, 0.15) is 5.54 Å². The number of rotatable bonds is 4. The molecular formula is C19H22F3N3OS. The summed E-state index contributed by atoms with van der Waals surface area (Å²) in [6.07, 6.45) is -1.87. The van der Waals surface area contributed by atoms with Gasteiger partial charge in [-0.15, -0.1) is 11.8 Å². The predicted molar refractivity (Wildman–Crippen MR) is 98.5 cm³/mol. The topological polar surface area (TPSA) is 56.1 Å². The fourth-order valence-electron chi connectivity index (χ4n) is 3.32. The number of fused-ring (bicyclic) bond motifs is 1. The Hall–Kier alpha value is -1.88. The summed E-state index contributed by atoms with van der Waals surface area (Å²) in [5.74, 6) is -0.191. The molecule has 2 atom stereocenters. The maximum absolute atomic E-state index is 13.1. The third-order valence-corrected chi connectivity index (χ3v) is 6.36. The van der Waals surface area contributed by atoms with E-state index in [-0.39, 0.29) is 23.6 Å². The number of hydrogen-bond acceptors (Lipinski definition) is 4. The smallest absolute Gasteiger partial charge is 0.361 e. The Kier molecular flexibility index (Phi) is 5.35. The number of halogens is 3. The lowest BCUT2D eigenvalue weighted by atomic mass is 9.98. The molecule has 1 amide bonds. The first-order valence-corrected chi connectivity index (χ1v) is 9.85. The van der Waals surface area contributed by atoms with Gasteiger partial charge < -0.3 is 10.2 Å². The van der Waals surface area contributed by atoms with E-state index in [1.54, 1.807) is 11.8 Å². The Morgan fingerprint density at radius 1 is 1.37 bits per heavy atom.